The van der Waals surface area contributed by atoms with Crippen molar-refractivity contribution in [2.24, 2.45) is 0 Å². The summed E-state index contributed by atoms with van der Waals surface area (Å²) in [5, 5.41) is 0.0810. The first-order chi connectivity index (χ1) is 28.6. The fraction of sp³-hybridized carbons (Fsp3) is 0.106. The molecule has 2 aliphatic rings. The van der Waals surface area contributed by atoms with Gasteiger partial charge in [0.15, 0.2) is 0 Å². The van der Waals surface area contributed by atoms with Crippen molar-refractivity contribution in [3.63, 3.8) is 0 Å². The summed E-state index contributed by atoms with van der Waals surface area (Å²) in [5.41, 5.74) is 6.21. The number of carbonyl (C=O) groups is 2. The molecule has 0 radical (unpaired) electrons. The minimum atomic E-state index is -0.503. The van der Waals surface area contributed by atoms with E-state index in [4.69, 9.17) is 32.7 Å². The third-order valence-corrected chi connectivity index (χ3v) is 12.9. The molecule has 6 aromatic carbocycles. The number of amides is 2. The number of rotatable bonds is 10. The molecule has 2 heterocycles. The molecule has 6 nitrogen and oxygen atoms in total. The summed E-state index contributed by atoms with van der Waals surface area (Å²) in [6.07, 6.45) is 4.04. The van der Waals surface area contributed by atoms with Gasteiger partial charge in [-0.1, -0.05) is 83.1 Å². The van der Waals surface area contributed by atoms with Gasteiger partial charge >= 0.3 is 0 Å². The molecule has 0 N–H and O–H groups in total. The Balaban J connectivity index is 1.16. The van der Waals surface area contributed by atoms with E-state index in [0.717, 1.165) is 22.3 Å². The van der Waals surface area contributed by atoms with E-state index in [1.165, 1.54) is 47.8 Å². The summed E-state index contributed by atoms with van der Waals surface area (Å²) >= 11 is 15.3. The molecule has 0 aliphatic carbocycles. The van der Waals surface area contributed by atoms with Gasteiger partial charge in [0.1, 0.15) is 33.9 Å². The fourth-order valence-electron chi connectivity index (χ4n) is 7.03. The summed E-state index contributed by atoms with van der Waals surface area (Å²) in [5.74, 6) is 0.0807. The normalized spacial score (nSPS) is 18.0. The van der Waals surface area contributed by atoms with Crippen LogP contribution in [0.2, 0.25) is 10.0 Å². The lowest BCUT2D eigenvalue weighted by Crippen LogP contribution is -2.27. The first kappa shape index (κ1) is 40.3. The van der Waals surface area contributed by atoms with Crippen LogP contribution in [0.1, 0.15) is 44.1 Å². The van der Waals surface area contributed by atoms with Crippen molar-refractivity contribution >= 4 is 82.1 Å². The Morgan fingerprint density at radius 2 is 0.932 bits per heavy atom. The molecule has 2 atom stereocenters. The smallest absolute Gasteiger partial charge is 0.266 e. The van der Waals surface area contributed by atoms with Crippen LogP contribution in [-0.2, 0) is 16.0 Å². The molecule has 0 spiro atoms. The Bertz CT molecular complexity index is 2420. The predicted octanol–water partition coefficient (Wildman–Crippen LogP) is 12.5. The second kappa shape index (κ2) is 17.4. The summed E-state index contributed by atoms with van der Waals surface area (Å²) in [6.45, 7) is 0. The van der Waals surface area contributed by atoms with E-state index in [9.17, 15) is 18.4 Å². The molecule has 0 saturated carbocycles. The van der Waals surface area contributed by atoms with Gasteiger partial charge in [0, 0.05) is 32.5 Å². The van der Waals surface area contributed by atoms with Crippen LogP contribution in [0.3, 0.4) is 0 Å². The van der Waals surface area contributed by atoms with Crippen LogP contribution in [0.5, 0.6) is 11.5 Å². The molecule has 59 heavy (non-hydrogen) atoms. The van der Waals surface area contributed by atoms with Gasteiger partial charge in [0.25, 0.3) is 11.8 Å². The van der Waals surface area contributed by atoms with Gasteiger partial charge in [0.05, 0.1) is 24.0 Å². The van der Waals surface area contributed by atoms with E-state index >= 15 is 0 Å². The zero-order chi connectivity index (χ0) is 41.2. The highest BCUT2D eigenvalue weighted by atomic mass is 35.5. The van der Waals surface area contributed by atoms with Crippen molar-refractivity contribution in [1.29, 1.82) is 0 Å². The highest BCUT2D eigenvalue weighted by Crippen LogP contribution is 2.52. The Morgan fingerprint density at radius 3 is 1.29 bits per heavy atom. The Hall–Kier alpha value is -5.52. The SMILES string of the molecule is COc1ccc(Cc2ccc(OC)c(C3S/C(=C\c4ccc(F)cc4)C(=O)N3c3ccc(Cl)cc3)c2)cc1C1S/C(=C\c2ccc(F)cc2)C(=O)N1c1ccc(Cl)cc1. The number of halogens is 4. The molecule has 0 bridgehead atoms. The fourth-order valence-corrected chi connectivity index (χ4v) is 9.84. The lowest BCUT2D eigenvalue weighted by atomic mass is 9.99. The molecule has 2 unspecified atom stereocenters. The van der Waals surface area contributed by atoms with Crippen LogP contribution in [0, 0.1) is 11.6 Å². The average molecular weight is 864 g/mol. The predicted molar refractivity (Wildman–Crippen MR) is 236 cm³/mol. The van der Waals surface area contributed by atoms with E-state index < -0.39 is 10.7 Å². The van der Waals surface area contributed by atoms with E-state index in [2.05, 4.69) is 12.1 Å². The molecule has 0 aromatic heterocycles. The molecule has 8 rings (SSSR count). The lowest BCUT2D eigenvalue weighted by molar-refractivity contribution is -0.115. The van der Waals surface area contributed by atoms with Crippen molar-refractivity contribution in [3.05, 3.63) is 198 Å². The molecule has 2 aliphatic heterocycles. The van der Waals surface area contributed by atoms with Crippen molar-refractivity contribution in [2.45, 2.75) is 17.2 Å². The zero-order valence-electron chi connectivity index (χ0n) is 31.6. The van der Waals surface area contributed by atoms with Gasteiger partial charge in [-0.25, -0.2) is 8.78 Å². The van der Waals surface area contributed by atoms with E-state index in [-0.39, 0.29) is 23.4 Å². The third kappa shape index (κ3) is 8.63. The van der Waals surface area contributed by atoms with Crippen molar-refractivity contribution in [2.75, 3.05) is 24.0 Å². The summed E-state index contributed by atoms with van der Waals surface area (Å²) < 4.78 is 39.3. The minimum Gasteiger partial charge on any atom is -0.496 e. The number of thioether (sulfide) groups is 2. The van der Waals surface area contributed by atoms with Crippen LogP contribution < -0.4 is 19.3 Å². The maximum Gasteiger partial charge on any atom is 0.266 e. The average Bonchev–Trinajstić information content (AvgIpc) is 3.74. The second-order valence-corrected chi connectivity index (χ2v) is 16.8. The zero-order valence-corrected chi connectivity index (χ0v) is 34.7. The molecule has 12 heteroatoms. The number of benzene rings is 6. The van der Waals surface area contributed by atoms with Crippen molar-refractivity contribution in [1.82, 2.24) is 0 Å². The monoisotopic (exact) mass is 862 g/mol. The first-order valence-electron chi connectivity index (χ1n) is 18.4. The molecule has 296 valence electrons. The van der Waals surface area contributed by atoms with Crippen LogP contribution in [0.25, 0.3) is 12.2 Å². The number of carbonyl (C=O) groups excluding carboxylic acids is 2. The van der Waals surface area contributed by atoms with Gasteiger partial charge in [-0.05, 0) is 138 Å². The Morgan fingerprint density at radius 1 is 0.559 bits per heavy atom. The van der Waals surface area contributed by atoms with Crippen LogP contribution in [-0.4, -0.2) is 26.0 Å². The third-order valence-electron chi connectivity index (χ3n) is 9.88. The van der Waals surface area contributed by atoms with Gasteiger partial charge in [0.2, 0.25) is 0 Å². The Kier molecular flexibility index (Phi) is 11.9. The van der Waals surface area contributed by atoms with Crippen molar-refractivity contribution in [3.8, 4) is 11.5 Å². The minimum absolute atomic E-state index is 0.208. The van der Waals surface area contributed by atoms with Gasteiger partial charge in [-0.15, -0.1) is 0 Å². The molecule has 2 amide bonds. The highest BCUT2D eigenvalue weighted by molar-refractivity contribution is 8.05. The number of nitrogens with zero attached hydrogens (tertiary/aromatic N) is 2. The molecule has 2 saturated heterocycles. The maximum atomic E-state index is 14.2. The number of ether oxygens (including phenoxy) is 2. The molecular formula is C47H34Cl2F2N2O4S2. The largest absolute Gasteiger partial charge is 0.496 e. The number of hydrogen-bond donors (Lipinski definition) is 0. The van der Waals surface area contributed by atoms with Crippen LogP contribution in [0.15, 0.2) is 143 Å². The highest BCUT2D eigenvalue weighted by Gasteiger charge is 2.41. The summed E-state index contributed by atoms with van der Waals surface area (Å²) in [4.78, 5) is 32.8. The maximum absolute atomic E-state index is 14.2. The van der Waals surface area contributed by atoms with Gasteiger partial charge < -0.3 is 9.47 Å². The topological polar surface area (TPSA) is 59.1 Å². The van der Waals surface area contributed by atoms with Crippen molar-refractivity contribution < 1.29 is 27.8 Å². The van der Waals surface area contributed by atoms with E-state index in [1.807, 2.05) is 48.5 Å². The van der Waals surface area contributed by atoms with Gasteiger partial charge in [-0.2, -0.15) is 0 Å². The standard InChI is InChI=1S/C47H34Cl2F2N2O4S2/c1-56-40-21-7-30(24-38(40)46-52(36-17-9-32(48)10-18-36)44(54)42(58-46)26-28-3-13-34(50)14-4-28)23-31-8-22-41(57-2)39(25-31)47-53(37-19-11-33(49)12-20-37)45(55)43(59-47)27-29-5-15-35(51)16-6-29/h3-22,24-27,46-47H,23H2,1-2H3/b42-26-,43-27-. The summed E-state index contributed by atoms with van der Waals surface area (Å²) in [7, 11) is 3.20. The first-order valence-corrected chi connectivity index (χ1v) is 20.9. The number of hydrogen-bond acceptors (Lipinski definition) is 6. The van der Waals surface area contributed by atoms with Crippen LogP contribution >= 0.6 is 46.7 Å². The summed E-state index contributed by atoms with van der Waals surface area (Å²) in [6, 6.07) is 38.1. The molecular weight excluding hydrogens is 830 g/mol. The van der Waals surface area contributed by atoms with E-state index in [0.29, 0.717) is 60.3 Å². The molecule has 2 fully saturated rings. The van der Waals surface area contributed by atoms with Crippen LogP contribution in [0.4, 0.5) is 20.2 Å². The van der Waals surface area contributed by atoms with Gasteiger partial charge in [-0.3, -0.25) is 19.4 Å². The molecule has 6 aromatic rings. The van der Waals surface area contributed by atoms with E-state index in [1.54, 1.807) is 84.7 Å². The lowest BCUT2D eigenvalue weighted by Gasteiger charge is -2.26. The number of anilines is 2. The second-order valence-electron chi connectivity index (χ2n) is 13.7. The quantitative estimate of drug-likeness (QED) is 0.128. The Labute approximate surface area is 359 Å². The number of methoxy groups -OCH3 is 2.